The van der Waals surface area contributed by atoms with E-state index in [1.54, 1.807) is 19.1 Å². The standard InChI is InChI=1S/C29H41NO5/c1-19(30-25(33)34-18-20-14-12-11-13-15-20)24(32)35-29(28(8,9)10)16-21(26(2,3)4)23(31)22(17-29)27(5,6)7/h11-17,19H,18H2,1-10H3,(H,30,33). The molecule has 1 aliphatic carbocycles. The number of ether oxygens (including phenoxy) is 2. The van der Waals surface area contributed by atoms with Gasteiger partial charge in [0, 0.05) is 16.6 Å². The molecule has 1 atom stereocenters. The number of hydrogen-bond acceptors (Lipinski definition) is 5. The van der Waals surface area contributed by atoms with Gasteiger partial charge in [0.05, 0.1) is 0 Å². The molecular formula is C29H41NO5. The normalized spacial score (nSPS) is 17.1. The van der Waals surface area contributed by atoms with Crippen molar-refractivity contribution in [1.29, 1.82) is 0 Å². The van der Waals surface area contributed by atoms with Crippen LogP contribution in [-0.2, 0) is 25.7 Å². The second kappa shape index (κ2) is 10.00. The first kappa shape index (κ1) is 28.3. The molecule has 1 N–H and O–H groups in total. The maximum absolute atomic E-state index is 13.4. The van der Waals surface area contributed by atoms with Crippen molar-refractivity contribution in [3.05, 3.63) is 59.2 Å². The molecule has 0 saturated heterocycles. The van der Waals surface area contributed by atoms with Crippen LogP contribution in [0.5, 0.6) is 0 Å². The van der Waals surface area contributed by atoms with Crippen LogP contribution < -0.4 is 5.32 Å². The lowest BCUT2D eigenvalue weighted by atomic mass is 9.64. The summed E-state index contributed by atoms with van der Waals surface area (Å²) in [4.78, 5) is 39.0. The second-order valence-corrected chi connectivity index (χ2v) is 12.3. The molecule has 0 radical (unpaired) electrons. The van der Waals surface area contributed by atoms with Crippen molar-refractivity contribution < 1.29 is 23.9 Å². The number of alkyl carbamates (subject to hydrolysis) is 1. The van der Waals surface area contributed by atoms with Gasteiger partial charge in [-0.25, -0.2) is 9.59 Å². The Hall–Kier alpha value is -2.89. The molecule has 1 aromatic rings. The van der Waals surface area contributed by atoms with E-state index in [1.807, 2.05) is 92.6 Å². The highest BCUT2D eigenvalue weighted by atomic mass is 16.6. The first-order valence-electron chi connectivity index (χ1n) is 12.1. The van der Waals surface area contributed by atoms with Crippen LogP contribution in [-0.4, -0.2) is 29.5 Å². The van der Waals surface area contributed by atoms with Gasteiger partial charge in [-0.1, -0.05) is 92.6 Å². The minimum absolute atomic E-state index is 0.0309. The molecule has 0 spiro atoms. The molecule has 1 unspecified atom stereocenters. The minimum Gasteiger partial charge on any atom is -0.448 e. The maximum atomic E-state index is 13.4. The van der Waals surface area contributed by atoms with Crippen LogP contribution in [0.2, 0.25) is 0 Å². The average molecular weight is 484 g/mol. The molecule has 0 aliphatic heterocycles. The molecule has 6 nitrogen and oxygen atoms in total. The second-order valence-electron chi connectivity index (χ2n) is 12.3. The number of benzene rings is 1. The number of rotatable bonds is 5. The van der Waals surface area contributed by atoms with E-state index in [0.29, 0.717) is 11.1 Å². The molecule has 1 aromatic carbocycles. The fourth-order valence-corrected chi connectivity index (χ4v) is 3.76. The lowest BCUT2D eigenvalue weighted by Crippen LogP contribution is -2.51. The highest BCUT2D eigenvalue weighted by Gasteiger charge is 2.49. The first-order chi connectivity index (χ1) is 15.9. The number of carbonyl (C=O) groups excluding carboxylic acids is 3. The fourth-order valence-electron chi connectivity index (χ4n) is 3.76. The summed E-state index contributed by atoms with van der Waals surface area (Å²) in [5.74, 6) is -0.642. The summed E-state index contributed by atoms with van der Waals surface area (Å²) >= 11 is 0. The summed E-state index contributed by atoms with van der Waals surface area (Å²) in [6, 6.07) is 8.34. The molecule has 0 aromatic heterocycles. The number of ketones is 1. The van der Waals surface area contributed by atoms with Gasteiger partial charge in [-0.3, -0.25) is 4.79 Å². The van der Waals surface area contributed by atoms with Crippen molar-refractivity contribution in [1.82, 2.24) is 5.32 Å². The maximum Gasteiger partial charge on any atom is 0.408 e. The molecule has 1 amide bonds. The minimum atomic E-state index is -1.17. The van der Waals surface area contributed by atoms with Crippen LogP contribution in [0.4, 0.5) is 4.79 Å². The SMILES string of the molecule is CC(NC(=O)OCc1ccccc1)C(=O)OC1(C(C)(C)C)C=C(C(C)(C)C)C(=O)C(C(C)(C)C)=C1. The van der Waals surface area contributed by atoms with Gasteiger partial charge in [0.25, 0.3) is 0 Å². The van der Waals surface area contributed by atoms with Gasteiger partial charge in [-0.05, 0) is 35.5 Å². The first-order valence-corrected chi connectivity index (χ1v) is 12.1. The van der Waals surface area contributed by atoms with Crippen LogP contribution in [0, 0.1) is 16.2 Å². The largest absolute Gasteiger partial charge is 0.448 e. The molecule has 2 rings (SSSR count). The third kappa shape index (κ3) is 6.83. The fraction of sp³-hybridized carbons (Fsp3) is 0.552. The molecular weight excluding hydrogens is 442 g/mol. The Bertz CT molecular complexity index is 980. The Balaban J connectivity index is 2.33. The average Bonchev–Trinajstić information content (AvgIpc) is 2.71. The van der Waals surface area contributed by atoms with E-state index < -0.39 is 40.0 Å². The van der Waals surface area contributed by atoms with Crippen molar-refractivity contribution in [3.63, 3.8) is 0 Å². The molecule has 35 heavy (non-hydrogen) atoms. The number of esters is 1. The number of hydrogen-bond donors (Lipinski definition) is 1. The summed E-state index contributed by atoms with van der Waals surface area (Å²) in [6.45, 7) is 19.4. The lowest BCUT2D eigenvalue weighted by molar-refractivity contribution is -0.161. The van der Waals surface area contributed by atoms with Gasteiger partial charge in [0.1, 0.15) is 12.6 Å². The summed E-state index contributed by atoms with van der Waals surface area (Å²) in [5.41, 5.74) is -0.579. The smallest absolute Gasteiger partial charge is 0.408 e. The lowest BCUT2D eigenvalue weighted by Gasteiger charge is -2.45. The van der Waals surface area contributed by atoms with Gasteiger partial charge in [-0.15, -0.1) is 0 Å². The number of amides is 1. The summed E-state index contributed by atoms with van der Waals surface area (Å²) in [5, 5.41) is 2.56. The third-order valence-electron chi connectivity index (χ3n) is 6.17. The van der Waals surface area contributed by atoms with Crippen LogP contribution >= 0.6 is 0 Å². The molecule has 0 bridgehead atoms. The van der Waals surface area contributed by atoms with Gasteiger partial charge in [0.2, 0.25) is 0 Å². The summed E-state index contributed by atoms with van der Waals surface area (Å²) < 4.78 is 11.4. The molecule has 192 valence electrons. The van der Waals surface area contributed by atoms with E-state index in [4.69, 9.17) is 9.47 Å². The van der Waals surface area contributed by atoms with Crippen molar-refractivity contribution >= 4 is 17.8 Å². The molecule has 0 fully saturated rings. The van der Waals surface area contributed by atoms with E-state index in [1.165, 1.54) is 0 Å². The van der Waals surface area contributed by atoms with Gasteiger partial charge in [-0.2, -0.15) is 0 Å². The van der Waals surface area contributed by atoms with Crippen LogP contribution in [0.15, 0.2) is 53.6 Å². The zero-order valence-electron chi connectivity index (χ0n) is 22.9. The predicted molar refractivity (Wildman–Crippen MR) is 138 cm³/mol. The van der Waals surface area contributed by atoms with Crippen molar-refractivity contribution in [2.75, 3.05) is 0 Å². The molecule has 0 heterocycles. The van der Waals surface area contributed by atoms with Gasteiger partial charge >= 0.3 is 12.1 Å². The van der Waals surface area contributed by atoms with Crippen molar-refractivity contribution in [3.8, 4) is 0 Å². The Morgan fingerprint density at radius 2 is 1.37 bits per heavy atom. The monoisotopic (exact) mass is 483 g/mol. The van der Waals surface area contributed by atoms with Crippen LogP contribution in [0.25, 0.3) is 0 Å². The number of Topliss-reactive ketones (excluding diaryl/α,β-unsaturated/α-hetero) is 1. The number of nitrogens with one attached hydrogen (secondary N) is 1. The van der Waals surface area contributed by atoms with Gasteiger partial charge in [0.15, 0.2) is 11.4 Å². The van der Waals surface area contributed by atoms with E-state index in [9.17, 15) is 14.4 Å². The summed E-state index contributed by atoms with van der Waals surface area (Å²) in [7, 11) is 0. The quantitative estimate of drug-likeness (QED) is 0.508. The van der Waals surface area contributed by atoms with Gasteiger partial charge < -0.3 is 14.8 Å². The Morgan fingerprint density at radius 3 is 1.80 bits per heavy atom. The van der Waals surface area contributed by atoms with E-state index in [-0.39, 0.29) is 12.4 Å². The highest BCUT2D eigenvalue weighted by Crippen LogP contribution is 2.47. The number of carbonyl (C=O) groups is 3. The van der Waals surface area contributed by atoms with E-state index >= 15 is 0 Å². The predicted octanol–water partition coefficient (Wildman–Crippen LogP) is 6.16. The van der Waals surface area contributed by atoms with E-state index in [0.717, 1.165) is 5.56 Å². The van der Waals surface area contributed by atoms with E-state index in [2.05, 4.69) is 5.32 Å². The van der Waals surface area contributed by atoms with Crippen molar-refractivity contribution in [2.45, 2.75) is 87.5 Å². The third-order valence-corrected chi connectivity index (χ3v) is 6.17. The topological polar surface area (TPSA) is 81.7 Å². The Labute approximate surface area is 210 Å². The highest BCUT2D eigenvalue weighted by molar-refractivity contribution is 6.11. The molecule has 0 saturated carbocycles. The summed E-state index contributed by atoms with van der Waals surface area (Å²) in [6.07, 6.45) is 2.88. The zero-order chi connectivity index (χ0) is 26.8. The molecule has 1 aliphatic rings. The zero-order valence-corrected chi connectivity index (χ0v) is 22.9. The Morgan fingerprint density at radius 1 is 0.886 bits per heavy atom. The van der Waals surface area contributed by atoms with Crippen molar-refractivity contribution in [2.24, 2.45) is 16.2 Å². The van der Waals surface area contributed by atoms with Crippen LogP contribution in [0.1, 0.15) is 74.8 Å². The number of allylic oxidation sites excluding steroid dienone is 2. The molecule has 6 heteroatoms. The van der Waals surface area contributed by atoms with Crippen LogP contribution in [0.3, 0.4) is 0 Å². The Kier molecular flexibility index (Phi) is 8.10.